The Labute approximate surface area is 94.4 Å². The summed E-state index contributed by atoms with van der Waals surface area (Å²) in [4.78, 5) is 28.3. The first-order valence-corrected chi connectivity index (χ1v) is 5.08. The molecule has 0 aliphatic carbocycles. The quantitative estimate of drug-likeness (QED) is 0.743. The monoisotopic (exact) mass is 227 g/mol. The molecule has 16 heavy (non-hydrogen) atoms. The van der Waals surface area contributed by atoms with Crippen LogP contribution in [0.2, 0.25) is 0 Å². The summed E-state index contributed by atoms with van der Waals surface area (Å²) in [5.74, 6) is -0.460. The number of rotatable bonds is 4. The van der Waals surface area contributed by atoms with E-state index in [0.29, 0.717) is 0 Å². The molecule has 0 unspecified atom stereocenters. The number of hydrogen-bond donors (Lipinski definition) is 2. The van der Waals surface area contributed by atoms with Crippen molar-refractivity contribution in [1.29, 1.82) is 0 Å². The third-order valence-corrected chi connectivity index (χ3v) is 1.56. The molecule has 1 amide bonds. The van der Waals surface area contributed by atoms with E-state index in [4.69, 9.17) is 0 Å². The topological polar surface area (TPSA) is 84.1 Å². The number of nitrogens with one attached hydrogen (secondary N) is 2. The second-order valence-electron chi connectivity index (χ2n) is 2.52. The minimum absolute atomic E-state index is 0.156. The van der Waals surface area contributed by atoms with Crippen molar-refractivity contribution in [2.75, 3.05) is 13.7 Å². The van der Waals surface area contributed by atoms with Gasteiger partial charge in [0.1, 0.15) is 0 Å². The molecule has 1 aromatic rings. The maximum Gasteiger partial charge on any atom is 0.307 e. The Hall–Kier alpha value is -1.85. The molecule has 0 saturated heterocycles. The largest absolute Gasteiger partial charge is 0.469 e. The van der Waals surface area contributed by atoms with Crippen molar-refractivity contribution in [2.45, 2.75) is 20.3 Å². The van der Waals surface area contributed by atoms with Crippen LogP contribution in [0.4, 0.5) is 0 Å². The molecule has 6 nitrogen and oxygen atoms in total. The molecule has 0 atom stereocenters. The zero-order chi connectivity index (χ0) is 12.4. The highest BCUT2D eigenvalue weighted by atomic mass is 16.5. The zero-order valence-electron chi connectivity index (χ0n) is 9.74. The lowest BCUT2D eigenvalue weighted by atomic mass is 10.4. The van der Waals surface area contributed by atoms with E-state index in [1.165, 1.54) is 13.3 Å². The standard InChI is InChI=1S/C8H11N3O3.C2H6/c1-14-6(12)2-3-11-8(13)7-9-4-5-10-7;1-2/h4-5H,2-3H2,1H3,(H,9,10)(H,11,13);1-2H3. The Morgan fingerprint density at radius 1 is 1.50 bits per heavy atom. The van der Waals surface area contributed by atoms with E-state index >= 15 is 0 Å². The number of nitrogens with zero attached hydrogens (tertiary/aromatic N) is 1. The molecule has 2 N–H and O–H groups in total. The van der Waals surface area contributed by atoms with Crippen LogP contribution in [0, 0.1) is 0 Å². The van der Waals surface area contributed by atoms with Gasteiger partial charge < -0.3 is 15.0 Å². The minimum Gasteiger partial charge on any atom is -0.469 e. The van der Waals surface area contributed by atoms with Crippen LogP contribution in [0.3, 0.4) is 0 Å². The van der Waals surface area contributed by atoms with Crippen LogP contribution in [-0.2, 0) is 9.53 Å². The van der Waals surface area contributed by atoms with Crippen molar-refractivity contribution in [3.8, 4) is 0 Å². The van der Waals surface area contributed by atoms with Crippen LogP contribution >= 0.6 is 0 Å². The summed E-state index contributed by atoms with van der Waals surface area (Å²) < 4.78 is 4.41. The Bertz CT molecular complexity index is 309. The molecule has 0 aromatic carbocycles. The van der Waals surface area contributed by atoms with Gasteiger partial charge in [-0.05, 0) is 0 Å². The normalized spacial score (nSPS) is 8.69. The lowest BCUT2D eigenvalue weighted by molar-refractivity contribution is -0.140. The summed E-state index contributed by atoms with van der Waals surface area (Å²) in [6.07, 6.45) is 3.19. The van der Waals surface area contributed by atoms with E-state index in [0.717, 1.165) is 0 Å². The number of carbonyl (C=O) groups is 2. The van der Waals surface area contributed by atoms with E-state index < -0.39 is 0 Å². The summed E-state index contributed by atoms with van der Waals surface area (Å²) in [7, 11) is 1.30. The van der Waals surface area contributed by atoms with E-state index in [-0.39, 0.29) is 30.7 Å². The number of H-pyrrole nitrogens is 1. The molecule has 0 bridgehead atoms. The molecular weight excluding hydrogens is 210 g/mol. The smallest absolute Gasteiger partial charge is 0.307 e. The fourth-order valence-corrected chi connectivity index (χ4v) is 0.853. The van der Waals surface area contributed by atoms with Gasteiger partial charge in [0.15, 0.2) is 5.82 Å². The van der Waals surface area contributed by atoms with Gasteiger partial charge in [-0.1, -0.05) is 13.8 Å². The fourth-order valence-electron chi connectivity index (χ4n) is 0.853. The van der Waals surface area contributed by atoms with E-state index in [1.54, 1.807) is 6.20 Å². The van der Waals surface area contributed by atoms with Crippen LogP contribution in [0.15, 0.2) is 12.4 Å². The van der Waals surface area contributed by atoms with Crippen LogP contribution in [0.1, 0.15) is 30.9 Å². The van der Waals surface area contributed by atoms with Gasteiger partial charge in [-0.3, -0.25) is 9.59 Å². The molecule has 0 aliphatic heterocycles. The molecule has 6 heteroatoms. The van der Waals surface area contributed by atoms with Gasteiger partial charge >= 0.3 is 5.97 Å². The molecule has 1 rings (SSSR count). The second-order valence-corrected chi connectivity index (χ2v) is 2.52. The van der Waals surface area contributed by atoms with Crippen LogP contribution in [-0.4, -0.2) is 35.5 Å². The van der Waals surface area contributed by atoms with E-state index in [9.17, 15) is 9.59 Å². The van der Waals surface area contributed by atoms with Gasteiger partial charge in [-0.2, -0.15) is 0 Å². The molecular formula is C10H17N3O3. The van der Waals surface area contributed by atoms with Crippen LogP contribution in [0.25, 0.3) is 0 Å². The molecule has 1 heterocycles. The maximum atomic E-state index is 11.2. The molecule has 0 aliphatic rings. The predicted octanol–water partition coefficient (Wildman–Crippen LogP) is 0.729. The van der Waals surface area contributed by atoms with Gasteiger partial charge in [0.2, 0.25) is 0 Å². The summed E-state index contributed by atoms with van der Waals surface area (Å²) in [6, 6.07) is 0. The number of ether oxygens (including phenoxy) is 1. The number of amides is 1. The number of hydrogen-bond acceptors (Lipinski definition) is 4. The average Bonchev–Trinajstić information content (AvgIpc) is 2.85. The van der Waals surface area contributed by atoms with E-state index in [2.05, 4.69) is 20.0 Å². The number of imidazole rings is 1. The minimum atomic E-state index is -0.357. The molecule has 1 aromatic heterocycles. The zero-order valence-corrected chi connectivity index (χ0v) is 9.74. The van der Waals surface area contributed by atoms with Crippen molar-refractivity contribution >= 4 is 11.9 Å². The number of aromatic nitrogens is 2. The Morgan fingerprint density at radius 2 is 2.19 bits per heavy atom. The summed E-state index contributed by atoms with van der Waals surface area (Å²) in [6.45, 7) is 4.24. The van der Waals surface area contributed by atoms with Gasteiger partial charge in [0.05, 0.1) is 13.5 Å². The molecule has 90 valence electrons. The maximum absolute atomic E-state index is 11.2. The first-order chi connectivity index (χ1) is 7.74. The average molecular weight is 227 g/mol. The van der Waals surface area contributed by atoms with Gasteiger partial charge in [-0.15, -0.1) is 0 Å². The highest BCUT2D eigenvalue weighted by Gasteiger charge is 2.07. The molecule has 0 spiro atoms. The molecule has 0 radical (unpaired) electrons. The predicted molar refractivity (Wildman–Crippen MR) is 58.9 cm³/mol. The summed E-state index contributed by atoms with van der Waals surface area (Å²) in [5, 5.41) is 2.52. The summed E-state index contributed by atoms with van der Waals surface area (Å²) >= 11 is 0. The molecule has 0 fully saturated rings. The van der Waals surface area contributed by atoms with Crippen molar-refractivity contribution in [3.63, 3.8) is 0 Å². The van der Waals surface area contributed by atoms with Crippen molar-refractivity contribution in [1.82, 2.24) is 15.3 Å². The fraction of sp³-hybridized carbons (Fsp3) is 0.500. The SMILES string of the molecule is CC.COC(=O)CCNC(=O)c1ncc[nH]1. The van der Waals surface area contributed by atoms with Crippen molar-refractivity contribution in [3.05, 3.63) is 18.2 Å². The Morgan fingerprint density at radius 3 is 2.69 bits per heavy atom. The van der Waals surface area contributed by atoms with Crippen molar-refractivity contribution < 1.29 is 14.3 Å². The third-order valence-electron chi connectivity index (χ3n) is 1.56. The van der Waals surface area contributed by atoms with Crippen LogP contribution in [0.5, 0.6) is 0 Å². The third kappa shape index (κ3) is 5.14. The number of aromatic amines is 1. The summed E-state index contributed by atoms with van der Waals surface area (Å²) in [5.41, 5.74) is 0. The Kier molecular flexibility index (Phi) is 7.48. The number of carbonyl (C=O) groups excluding carboxylic acids is 2. The van der Waals surface area contributed by atoms with Gasteiger partial charge in [-0.25, -0.2) is 4.98 Å². The first-order valence-electron chi connectivity index (χ1n) is 5.08. The van der Waals surface area contributed by atoms with Gasteiger partial charge in [0, 0.05) is 18.9 Å². The van der Waals surface area contributed by atoms with E-state index in [1.807, 2.05) is 13.8 Å². The lowest BCUT2D eigenvalue weighted by Gasteiger charge is -2.01. The number of esters is 1. The van der Waals surface area contributed by atoms with Crippen molar-refractivity contribution in [2.24, 2.45) is 0 Å². The lowest BCUT2D eigenvalue weighted by Crippen LogP contribution is -2.27. The molecule has 0 saturated carbocycles. The van der Waals surface area contributed by atoms with Gasteiger partial charge in [0.25, 0.3) is 5.91 Å². The number of methoxy groups -OCH3 is 1. The second kappa shape index (κ2) is 8.46. The van der Waals surface area contributed by atoms with Crippen LogP contribution < -0.4 is 5.32 Å². The highest BCUT2D eigenvalue weighted by molar-refractivity contribution is 5.90. The Balaban J connectivity index is 0.00000106. The highest BCUT2D eigenvalue weighted by Crippen LogP contribution is 1.88. The first kappa shape index (κ1) is 14.2.